The summed E-state index contributed by atoms with van der Waals surface area (Å²) in [5.74, 6) is 2.55. The third kappa shape index (κ3) is 3.08. The minimum Gasteiger partial charge on any atom is -0.454 e. The normalized spacial score (nSPS) is 17.1. The predicted molar refractivity (Wildman–Crippen MR) is 98.5 cm³/mol. The molecule has 0 aliphatic carbocycles. The summed E-state index contributed by atoms with van der Waals surface area (Å²) in [7, 11) is 0. The van der Waals surface area contributed by atoms with Crippen LogP contribution in [-0.2, 0) is 19.5 Å². The Morgan fingerprint density at radius 2 is 2.15 bits per heavy atom. The van der Waals surface area contributed by atoms with Crippen molar-refractivity contribution < 1.29 is 14.0 Å². The van der Waals surface area contributed by atoms with Crippen LogP contribution in [0.25, 0.3) is 11.3 Å². The highest BCUT2D eigenvalue weighted by Gasteiger charge is 2.28. The van der Waals surface area contributed by atoms with E-state index in [9.17, 15) is 0 Å². The molecule has 7 heteroatoms. The molecule has 140 valence electrons. The fraction of sp³-hybridized carbons (Fsp3) is 0.400. The number of rotatable bonds is 5. The average molecular weight is 366 g/mol. The second kappa shape index (κ2) is 6.74. The van der Waals surface area contributed by atoms with Gasteiger partial charge in [-0.25, -0.2) is 0 Å². The number of ether oxygens (including phenoxy) is 2. The van der Waals surface area contributed by atoms with Gasteiger partial charge in [0.15, 0.2) is 11.5 Å². The third-order valence-corrected chi connectivity index (χ3v) is 5.46. The van der Waals surface area contributed by atoms with Crippen molar-refractivity contribution in [3.8, 4) is 22.8 Å². The number of hydrogen-bond acceptors (Lipinski definition) is 6. The van der Waals surface area contributed by atoms with Crippen LogP contribution in [0, 0.1) is 0 Å². The summed E-state index contributed by atoms with van der Waals surface area (Å²) in [5.41, 5.74) is 3.11. The first-order valence-corrected chi connectivity index (χ1v) is 9.37. The smallest absolute Gasteiger partial charge is 0.231 e. The van der Waals surface area contributed by atoms with Crippen molar-refractivity contribution in [1.29, 1.82) is 0 Å². The molecule has 1 atom stereocenters. The summed E-state index contributed by atoms with van der Waals surface area (Å²) >= 11 is 0. The average Bonchev–Trinajstić information content (AvgIpc) is 3.45. The number of aromatic nitrogens is 3. The molecule has 0 amide bonds. The Morgan fingerprint density at radius 3 is 3.04 bits per heavy atom. The molecule has 0 radical (unpaired) electrons. The molecule has 0 fully saturated rings. The van der Waals surface area contributed by atoms with Crippen LogP contribution in [0.15, 0.2) is 41.2 Å². The summed E-state index contributed by atoms with van der Waals surface area (Å²) in [6, 6.07) is 8.37. The Kier molecular flexibility index (Phi) is 4.09. The lowest BCUT2D eigenvalue weighted by molar-refractivity contribution is 0.167. The van der Waals surface area contributed by atoms with Crippen LogP contribution in [0.4, 0.5) is 0 Å². The molecule has 2 aliphatic rings. The minimum absolute atomic E-state index is 0.275. The molecule has 7 nitrogen and oxygen atoms in total. The van der Waals surface area contributed by atoms with Gasteiger partial charge in [0.05, 0.1) is 0 Å². The summed E-state index contributed by atoms with van der Waals surface area (Å²) in [6.07, 6.45) is 5.78. The summed E-state index contributed by atoms with van der Waals surface area (Å²) in [5, 5.41) is 8.66. The molecule has 3 aromatic rings. The molecular weight excluding hydrogens is 344 g/mol. The van der Waals surface area contributed by atoms with Crippen molar-refractivity contribution in [3.63, 3.8) is 0 Å². The first-order valence-electron chi connectivity index (χ1n) is 9.37. The molecule has 2 aliphatic heterocycles. The van der Waals surface area contributed by atoms with E-state index in [1.54, 1.807) is 0 Å². The van der Waals surface area contributed by atoms with Crippen LogP contribution in [0.1, 0.15) is 24.7 Å². The maximum atomic E-state index is 5.64. The van der Waals surface area contributed by atoms with Crippen molar-refractivity contribution in [2.24, 2.45) is 0 Å². The number of fused-ring (bicyclic) bond motifs is 2. The van der Waals surface area contributed by atoms with E-state index in [1.807, 2.05) is 41.3 Å². The lowest BCUT2D eigenvalue weighted by atomic mass is 9.99. The molecule has 0 spiro atoms. The Balaban J connectivity index is 1.34. The summed E-state index contributed by atoms with van der Waals surface area (Å²) in [4.78, 5) is 2.50. The topological polar surface area (TPSA) is 65.6 Å². The van der Waals surface area contributed by atoms with Gasteiger partial charge in [0.2, 0.25) is 6.79 Å². The molecule has 0 saturated carbocycles. The monoisotopic (exact) mass is 366 g/mol. The van der Waals surface area contributed by atoms with Crippen molar-refractivity contribution >= 4 is 0 Å². The zero-order valence-corrected chi connectivity index (χ0v) is 15.3. The zero-order valence-electron chi connectivity index (χ0n) is 15.3. The Labute approximate surface area is 157 Å². The van der Waals surface area contributed by atoms with E-state index >= 15 is 0 Å². The Bertz CT molecular complexity index is 935. The van der Waals surface area contributed by atoms with Gasteiger partial charge in [-0.2, -0.15) is 5.10 Å². The van der Waals surface area contributed by atoms with Gasteiger partial charge < -0.3 is 14.0 Å². The Hall–Kier alpha value is -2.80. The van der Waals surface area contributed by atoms with E-state index in [-0.39, 0.29) is 6.79 Å². The Morgan fingerprint density at radius 1 is 1.22 bits per heavy atom. The third-order valence-electron chi connectivity index (χ3n) is 5.46. The molecule has 0 saturated heterocycles. The first kappa shape index (κ1) is 16.4. The van der Waals surface area contributed by atoms with E-state index in [2.05, 4.69) is 22.1 Å². The largest absolute Gasteiger partial charge is 0.454 e. The van der Waals surface area contributed by atoms with Gasteiger partial charge in [-0.05, 0) is 37.6 Å². The fourth-order valence-electron chi connectivity index (χ4n) is 3.81. The summed E-state index contributed by atoms with van der Waals surface area (Å²) in [6.45, 7) is 5.32. The quantitative estimate of drug-likeness (QED) is 0.691. The minimum atomic E-state index is 0.275. The number of hydrogen-bond donors (Lipinski definition) is 0. The highest BCUT2D eigenvalue weighted by atomic mass is 16.7. The van der Waals surface area contributed by atoms with Gasteiger partial charge in [-0.1, -0.05) is 5.16 Å². The lowest BCUT2D eigenvalue weighted by Gasteiger charge is -2.31. The number of nitrogens with zero attached hydrogens (tertiary/aromatic N) is 4. The molecule has 1 unspecified atom stereocenters. The molecule has 0 N–H and O–H groups in total. The molecule has 0 bridgehead atoms. The second-order valence-electron chi connectivity index (χ2n) is 7.13. The molecule has 27 heavy (non-hydrogen) atoms. The molecule has 2 aromatic heterocycles. The highest BCUT2D eigenvalue weighted by Crippen LogP contribution is 2.38. The van der Waals surface area contributed by atoms with E-state index in [4.69, 9.17) is 14.0 Å². The highest BCUT2D eigenvalue weighted by molar-refractivity contribution is 5.67. The van der Waals surface area contributed by atoms with Crippen molar-refractivity contribution in [3.05, 3.63) is 48.0 Å². The van der Waals surface area contributed by atoms with E-state index < -0.39 is 0 Å². The summed E-state index contributed by atoms with van der Waals surface area (Å²) < 4.78 is 18.6. The standard InChI is InChI=1S/C20H22N4O3/c1-14(5-10-24-8-2-7-21-24)23-9-6-17-16(12-23)20(22-27-17)15-3-4-18-19(11-15)26-13-25-18/h2-4,7-8,11,14H,5-6,9-10,12-13H2,1H3. The van der Waals surface area contributed by atoms with Gasteiger partial charge >= 0.3 is 0 Å². The van der Waals surface area contributed by atoms with Gasteiger partial charge in [0.1, 0.15) is 11.5 Å². The van der Waals surface area contributed by atoms with Crippen LogP contribution in [-0.4, -0.2) is 39.2 Å². The SMILES string of the molecule is CC(CCn1cccn1)N1CCc2onc(-c3ccc4c(c3)OCO4)c2C1. The van der Waals surface area contributed by atoms with Crippen molar-refractivity contribution in [2.45, 2.75) is 38.9 Å². The predicted octanol–water partition coefficient (Wildman–Crippen LogP) is 3.10. The van der Waals surface area contributed by atoms with Crippen molar-refractivity contribution in [2.75, 3.05) is 13.3 Å². The maximum Gasteiger partial charge on any atom is 0.231 e. The van der Waals surface area contributed by atoms with Crippen LogP contribution in [0.3, 0.4) is 0 Å². The number of aryl methyl sites for hydroxylation is 1. The van der Waals surface area contributed by atoms with Gasteiger partial charge in [0, 0.05) is 55.6 Å². The van der Waals surface area contributed by atoms with E-state index in [1.165, 1.54) is 5.56 Å². The van der Waals surface area contributed by atoms with Crippen molar-refractivity contribution in [1.82, 2.24) is 19.8 Å². The van der Waals surface area contributed by atoms with Crippen LogP contribution in [0.2, 0.25) is 0 Å². The first-order chi connectivity index (χ1) is 13.3. The number of benzene rings is 1. The van der Waals surface area contributed by atoms with Gasteiger partial charge in [-0.15, -0.1) is 0 Å². The lowest BCUT2D eigenvalue weighted by Crippen LogP contribution is -2.38. The van der Waals surface area contributed by atoms with E-state index in [0.717, 1.165) is 61.0 Å². The maximum absolute atomic E-state index is 5.64. The molecule has 5 rings (SSSR count). The van der Waals surface area contributed by atoms with Gasteiger partial charge in [0.25, 0.3) is 0 Å². The second-order valence-corrected chi connectivity index (χ2v) is 7.13. The zero-order chi connectivity index (χ0) is 18.2. The van der Waals surface area contributed by atoms with Crippen LogP contribution >= 0.6 is 0 Å². The molecular formula is C20H22N4O3. The fourth-order valence-corrected chi connectivity index (χ4v) is 3.81. The van der Waals surface area contributed by atoms with Crippen LogP contribution < -0.4 is 9.47 Å². The van der Waals surface area contributed by atoms with Crippen LogP contribution in [0.5, 0.6) is 11.5 Å². The molecule has 4 heterocycles. The van der Waals surface area contributed by atoms with E-state index in [0.29, 0.717) is 6.04 Å². The van der Waals surface area contributed by atoms with Gasteiger partial charge in [-0.3, -0.25) is 9.58 Å². The molecule has 1 aromatic carbocycles.